The number of hydrogen-bond donors (Lipinski definition) is 2. The van der Waals surface area contributed by atoms with Crippen LogP contribution in [0, 0.1) is 34.9 Å². The molecular weight excluding hydrogens is 383 g/mol. The van der Waals surface area contributed by atoms with Crippen molar-refractivity contribution in [3.05, 3.63) is 29.1 Å². The van der Waals surface area contributed by atoms with E-state index in [1.54, 1.807) is 13.2 Å². The number of aliphatic hydroxyl groups is 2. The van der Waals surface area contributed by atoms with E-state index in [1.807, 2.05) is 6.07 Å². The van der Waals surface area contributed by atoms with Crippen LogP contribution in [0.3, 0.4) is 0 Å². The van der Waals surface area contributed by atoms with Crippen molar-refractivity contribution in [3.8, 4) is 17.6 Å². The minimum absolute atomic E-state index is 0.0213. The SMILES string of the molecule is COCCOc1cc2c(cc1F)C1CCC3(C)C(CCC3(O)C#CCCO)C1CC2. The number of hydrogen-bond acceptors (Lipinski definition) is 4. The lowest BCUT2D eigenvalue weighted by atomic mass is 9.53. The molecule has 3 aliphatic rings. The number of methoxy groups -OCH3 is 1. The summed E-state index contributed by atoms with van der Waals surface area (Å²) < 4.78 is 25.3. The predicted octanol–water partition coefficient (Wildman–Crippen LogP) is 3.82. The van der Waals surface area contributed by atoms with Gasteiger partial charge in [-0.25, -0.2) is 4.39 Å². The monoisotopic (exact) mass is 416 g/mol. The zero-order valence-corrected chi connectivity index (χ0v) is 18.0. The van der Waals surface area contributed by atoms with E-state index in [0.717, 1.165) is 37.7 Å². The highest BCUT2D eigenvalue weighted by molar-refractivity contribution is 5.42. The van der Waals surface area contributed by atoms with Crippen LogP contribution in [0.1, 0.15) is 62.5 Å². The zero-order valence-electron chi connectivity index (χ0n) is 18.0. The Hall–Kier alpha value is -1.61. The number of rotatable bonds is 5. The number of aryl methyl sites for hydroxylation is 1. The van der Waals surface area contributed by atoms with Crippen LogP contribution in [-0.2, 0) is 11.2 Å². The van der Waals surface area contributed by atoms with E-state index < -0.39 is 5.60 Å². The third-order valence-electron chi connectivity index (χ3n) is 8.01. The molecule has 0 amide bonds. The van der Waals surface area contributed by atoms with Gasteiger partial charge >= 0.3 is 0 Å². The Morgan fingerprint density at radius 1 is 1.20 bits per heavy atom. The van der Waals surface area contributed by atoms with E-state index in [2.05, 4.69) is 18.8 Å². The first-order valence-corrected chi connectivity index (χ1v) is 11.2. The molecule has 0 aromatic heterocycles. The molecule has 3 aliphatic carbocycles. The van der Waals surface area contributed by atoms with Crippen molar-refractivity contribution in [1.82, 2.24) is 0 Å². The Morgan fingerprint density at radius 3 is 2.80 bits per heavy atom. The van der Waals surface area contributed by atoms with Gasteiger partial charge in [0.25, 0.3) is 0 Å². The van der Waals surface area contributed by atoms with Crippen molar-refractivity contribution in [2.45, 2.75) is 63.4 Å². The van der Waals surface area contributed by atoms with Crippen molar-refractivity contribution in [2.75, 3.05) is 26.9 Å². The van der Waals surface area contributed by atoms with Gasteiger partial charge < -0.3 is 19.7 Å². The summed E-state index contributed by atoms with van der Waals surface area (Å²) in [5, 5.41) is 20.4. The van der Waals surface area contributed by atoms with Gasteiger partial charge in [-0.3, -0.25) is 0 Å². The van der Waals surface area contributed by atoms with Gasteiger partial charge in [-0.2, -0.15) is 0 Å². The maximum absolute atomic E-state index is 14.8. The number of fused-ring (bicyclic) bond motifs is 5. The van der Waals surface area contributed by atoms with Gasteiger partial charge in [0.15, 0.2) is 11.6 Å². The average Bonchev–Trinajstić information content (AvgIpc) is 3.00. The largest absolute Gasteiger partial charge is 0.488 e. The molecule has 0 spiro atoms. The zero-order chi connectivity index (χ0) is 21.4. The summed E-state index contributed by atoms with van der Waals surface area (Å²) in [4.78, 5) is 0. The van der Waals surface area contributed by atoms with E-state index in [-0.39, 0.29) is 17.8 Å². The van der Waals surface area contributed by atoms with Crippen LogP contribution in [0.4, 0.5) is 4.39 Å². The summed E-state index contributed by atoms with van der Waals surface area (Å²) in [6, 6.07) is 3.58. The second kappa shape index (κ2) is 8.49. The lowest BCUT2D eigenvalue weighted by Crippen LogP contribution is -2.50. The van der Waals surface area contributed by atoms with Gasteiger partial charge in [0.05, 0.1) is 13.2 Å². The first kappa shape index (κ1) is 21.6. The summed E-state index contributed by atoms with van der Waals surface area (Å²) in [6.07, 6.45) is 5.84. The molecule has 164 valence electrons. The molecule has 2 saturated carbocycles. The molecular formula is C25H33FO4. The average molecular weight is 417 g/mol. The summed E-state index contributed by atoms with van der Waals surface area (Å²) in [6.45, 7) is 2.99. The molecule has 2 N–H and O–H groups in total. The minimum atomic E-state index is -0.984. The Kier molecular flexibility index (Phi) is 6.12. The normalized spacial score (nSPS) is 34.4. The van der Waals surface area contributed by atoms with Crippen molar-refractivity contribution >= 4 is 0 Å². The van der Waals surface area contributed by atoms with Crippen LogP contribution >= 0.6 is 0 Å². The van der Waals surface area contributed by atoms with Crippen LogP contribution in [-0.4, -0.2) is 42.7 Å². The summed E-state index contributed by atoms with van der Waals surface area (Å²) in [7, 11) is 1.60. The standard InChI is InChI=1S/C25H33FO4/c1-24-10-7-18-19(21(24)8-11-25(24,28)9-3-4-12-27)6-5-17-15-23(30-14-13-29-2)22(26)16-20(17)18/h15-16,18-19,21,27-28H,4-8,10-14H2,1-2H3. The smallest absolute Gasteiger partial charge is 0.165 e. The van der Waals surface area contributed by atoms with E-state index in [4.69, 9.17) is 14.6 Å². The van der Waals surface area contributed by atoms with Gasteiger partial charge in [-0.15, -0.1) is 0 Å². The van der Waals surface area contributed by atoms with E-state index in [1.165, 1.54) is 5.56 Å². The van der Waals surface area contributed by atoms with Crippen molar-refractivity contribution < 1.29 is 24.1 Å². The molecule has 5 atom stereocenters. The highest BCUT2D eigenvalue weighted by Gasteiger charge is 2.61. The van der Waals surface area contributed by atoms with Crippen LogP contribution in [0.15, 0.2) is 12.1 Å². The van der Waals surface area contributed by atoms with Crippen molar-refractivity contribution in [2.24, 2.45) is 17.3 Å². The third kappa shape index (κ3) is 3.53. The van der Waals surface area contributed by atoms with Crippen molar-refractivity contribution in [1.29, 1.82) is 0 Å². The molecule has 0 heterocycles. The van der Waals surface area contributed by atoms with Gasteiger partial charge in [0.1, 0.15) is 12.2 Å². The molecule has 0 aliphatic heterocycles. The molecule has 4 nitrogen and oxygen atoms in total. The van der Waals surface area contributed by atoms with E-state index in [9.17, 15) is 9.50 Å². The number of benzene rings is 1. The van der Waals surface area contributed by atoms with Crippen LogP contribution in [0.2, 0.25) is 0 Å². The fourth-order valence-electron chi connectivity index (χ4n) is 6.40. The maximum atomic E-state index is 14.8. The molecule has 0 radical (unpaired) electrons. The van der Waals surface area contributed by atoms with Crippen LogP contribution in [0.5, 0.6) is 5.75 Å². The molecule has 4 rings (SSSR count). The Bertz CT molecular complexity index is 844. The molecule has 0 bridgehead atoms. The highest BCUT2D eigenvalue weighted by atomic mass is 19.1. The lowest BCUT2D eigenvalue weighted by molar-refractivity contribution is -0.0648. The molecule has 1 aromatic carbocycles. The quantitative estimate of drug-likeness (QED) is 0.566. The van der Waals surface area contributed by atoms with E-state index >= 15 is 0 Å². The molecule has 5 heteroatoms. The number of ether oxygens (including phenoxy) is 2. The maximum Gasteiger partial charge on any atom is 0.165 e. The number of aliphatic hydroxyl groups excluding tert-OH is 1. The van der Waals surface area contributed by atoms with Gasteiger partial charge in [0.2, 0.25) is 0 Å². The summed E-state index contributed by atoms with van der Waals surface area (Å²) in [5.74, 6) is 7.28. The van der Waals surface area contributed by atoms with Crippen LogP contribution in [0.25, 0.3) is 0 Å². The summed E-state index contributed by atoms with van der Waals surface area (Å²) >= 11 is 0. The lowest BCUT2D eigenvalue weighted by Gasteiger charge is -2.52. The van der Waals surface area contributed by atoms with Gasteiger partial charge in [0, 0.05) is 18.9 Å². The second-order valence-electron chi connectivity index (χ2n) is 9.37. The number of halogens is 1. The van der Waals surface area contributed by atoms with Crippen LogP contribution < -0.4 is 4.74 Å². The molecule has 0 saturated heterocycles. The fourth-order valence-corrected chi connectivity index (χ4v) is 6.40. The Balaban J connectivity index is 1.57. The molecule has 5 unspecified atom stereocenters. The topological polar surface area (TPSA) is 58.9 Å². The van der Waals surface area contributed by atoms with Gasteiger partial charge in [-0.1, -0.05) is 18.8 Å². The van der Waals surface area contributed by atoms with E-state index in [0.29, 0.717) is 49.6 Å². The van der Waals surface area contributed by atoms with Crippen molar-refractivity contribution in [3.63, 3.8) is 0 Å². The molecule has 30 heavy (non-hydrogen) atoms. The third-order valence-corrected chi connectivity index (χ3v) is 8.01. The highest BCUT2D eigenvalue weighted by Crippen LogP contribution is 2.64. The molecule has 1 aromatic rings. The first-order chi connectivity index (χ1) is 14.4. The first-order valence-electron chi connectivity index (χ1n) is 11.2. The van der Waals surface area contributed by atoms with Gasteiger partial charge in [-0.05, 0) is 79.5 Å². The predicted molar refractivity (Wildman–Crippen MR) is 113 cm³/mol. The second-order valence-corrected chi connectivity index (χ2v) is 9.37. The Morgan fingerprint density at radius 2 is 2.03 bits per heavy atom. The fraction of sp³-hybridized carbons (Fsp3) is 0.680. The summed E-state index contributed by atoms with van der Waals surface area (Å²) in [5.41, 5.74) is 1.11. The molecule has 2 fully saturated rings. The Labute approximate surface area is 178 Å². The minimum Gasteiger partial charge on any atom is -0.488 e.